The topological polar surface area (TPSA) is 190 Å². The van der Waals surface area contributed by atoms with Crippen LogP contribution in [0.25, 0.3) is 21.8 Å². The first-order chi connectivity index (χ1) is 29.0. The molecule has 1 N–H and O–H groups in total. The van der Waals surface area contributed by atoms with Crippen LogP contribution in [0.4, 0.5) is 0 Å². The number of benzene rings is 4. The van der Waals surface area contributed by atoms with Gasteiger partial charge in [0.05, 0.1) is 30.6 Å². The lowest BCUT2D eigenvalue weighted by atomic mass is 10.1. The molecule has 4 aromatic carbocycles. The van der Waals surface area contributed by atoms with Gasteiger partial charge >= 0.3 is 5.97 Å². The summed E-state index contributed by atoms with van der Waals surface area (Å²) in [4.78, 5) is 12.4. The molecule has 0 radical (unpaired) electrons. The van der Waals surface area contributed by atoms with E-state index in [0.29, 0.717) is 42.6 Å². The molecule has 0 amide bonds. The second kappa shape index (κ2) is 17.5. The number of aromatic carboxylic acids is 1. The van der Waals surface area contributed by atoms with Crippen molar-refractivity contribution in [1.29, 1.82) is 0 Å². The summed E-state index contributed by atoms with van der Waals surface area (Å²) >= 11 is 0. The van der Waals surface area contributed by atoms with Gasteiger partial charge in [-0.2, -0.15) is 8.61 Å². The van der Waals surface area contributed by atoms with E-state index >= 15 is 0 Å². The molecule has 2 aromatic heterocycles. The molecule has 0 spiro atoms. The quantitative estimate of drug-likeness (QED) is 0.155. The third-order valence-electron chi connectivity index (χ3n) is 11.3. The fourth-order valence-corrected chi connectivity index (χ4v) is 14.1. The Morgan fingerprint density at radius 3 is 1.38 bits per heavy atom. The van der Waals surface area contributed by atoms with E-state index in [4.69, 9.17) is 0 Å². The molecule has 2 aliphatic rings. The first-order valence-electron chi connectivity index (χ1n) is 20.1. The summed E-state index contributed by atoms with van der Waals surface area (Å²) in [5.74, 6) is -1.41. The highest BCUT2D eigenvalue weighted by molar-refractivity contribution is 7.90. The number of sulfonamides is 2. The van der Waals surface area contributed by atoms with E-state index in [1.54, 1.807) is 78.1 Å². The van der Waals surface area contributed by atoms with Crippen LogP contribution >= 0.6 is 0 Å². The number of aryl methyl sites for hydroxylation is 2. The molecule has 14 nitrogen and oxygen atoms in total. The fraction of sp³-hybridized carbons (Fsp3) is 0.326. The lowest BCUT2D eigenvalue weighted by molar-refractivity contribution is 0.0688. The van der Waals surface area contributed by atoms with Crippen molar-refractivity contribution in [2.75, 3.05) is 26.2 Å². The number of hydrogen-bond donors (Lipinski definition) is 1. The molecular weight excluding hydrogens is 861 g/mol. The van der Waals surface area contributed by atoms with Gasteiger partial charge < -0.3 is 5.11 Å². The van der Waals surface area contributed by atoms with E-state index in [9.17, 15) is 43.6 Å². The Morgan fingerprint density at radius 1 is 0.492 bits per heavy atom. The Morgan fingerprint density at radius 2 is 0.918 bits per heavy atom. The largest absolute Gasteiger partial charge is 0.477 e. The Kier molecular flexibility index (Phi) is 12.7. The zero-order chi connectivity index (χ0) is 43.7. The standard InChI is InChI=1S/C22H24N2O6S2.C21H24N2O4S2/c1-16-19-15-18(31(27,28)23-13-7-2-3-8-14-23)11-12-20(19)24(21(16)22(25)26)32(29,30)17-9-5-4-6-10-17;1-17-16-23(29(26,27)18-9-5-4-6-10-18)21-12-11-19(15-20(17)21)28(24,25)22-13-7-2-3-8-14-22/h4-6,9-12,15H,2-3,7-8,13-14H2,1H3,(H,25,26);4-6,9-12,15-16H,2-3,7-8,13-14H2,1H3. The number of aromatic nitrogens is 2. The van der Waals surface area contributed by atoms with E-state index in [2.05, 4.69) is 0 Å². The second-order valence-corrected chi connectivity index (χ2v) is 22.8. The molecule has 0 bridgehead atoms. The maximum absolute atomic E-state index is 13.3. The molecule has 4 heterocycles. The van der Waals surface area contributed by atoms with Crippen molar-refractivity contribution in [1.82, 2.24) is 16.6 Å². The molecule has 0 saturated carbocycles. The second-order valence-electron chi connectivity index (χ2n) is 15.3. The number of fused-ring (bicyclic) bond motifs is 2. The van der Waals surface area contributed by atoms with Crippen LogP contribution in [0.15, 0.2) is 123 Å². The zero-order valence-corrected chi connectivity index (χ0v) is 37.1. The van der Waals surface area contributed by atoms with E-state index in [-0.39, 0.29) is 36.0 Å². The van der Waals surface area contributed by atoms with Gasteiger partial charge in [-0.25, -0.2) is 46.4 Å². The van der Waals surface area contributed by atoms with Crippen molar-refractivity contribution in [3.05, 3.63) is 120 Å². The van der Waals surface area contributed by atoms with Crippen molar-refractivity contribution in [3.8, 4) is 0 Å². The van der Waals surface area contributed by atoms with E-state index in [1.807, 2.05) is 0 Å². The summed E-state index contributed by atoms with van der Waals surface area (Å²) in [6.07, 6.45) is 8.91. The lowest BCUT2D eigenvalue weighted by Crippen LogP contribution is -2.31. The van der Waals surface area contributed by atoms with Crippen LogP contribution in [0.1, 0.15) is 73.0 Å². The highest BCUT2D eigenvalue weighted by atomic mass is 32.2. The minimum atomic E-state index is -4.22. The molecule has 0 aliphatic carbocycles. The average molecular weight is 909 g/mol. The molecule has 0 atom stereocenters. The van der Waals surface area contributed by atoms with E-state index in [1.165, 1.54) is 51.6 Å². The first-order valence-corrected chi connectivity index (χ1v) is 25.8. The predicted molar refractivity (Wildman–Crippen MR) is 233 cm³/mol. The number of rotatable bonds is 9. The van der Waals surface area contributed by atoms with Crippen LogP contribution in [0.5, 0.6) is 0 Å². The van der Waals surface area contributed by atoms with Crippen LogP contribution in [0.3, 0.4) is 0 Å². The highest BCUT2D eigenvalue weighted by Gasteiger charge is 2.32. The summed E-state index contributed by atoms with van der Waals surface area (Å²) < 4.78 is 110. The third kappa shape index (κ3) is 8.53. The molecule has 6 aromatic rings. The van der Waals surface area contributed by atoms with Gasteiger partial charge in [0.2, 0.25) is 20.0 Å². The van der Waals surface area contributed by atoms with Crippen LogP contribution in [0.2, 0.25) is 0 Å². The van der Waals surface area contributed by atoms with Gasteiger partial charge in [-0.15, -0.1) is 0 Å². The van der Waals surface area contributed by atoms with Crippen molar-refractivity contribution in [2.45, 2.75) is 84.8 Å². The van der Waals surface area contributed by atoms with Crippen molar-refractivity contribution in [2.24, 2.45) is 0 Å². The van der Waals surface area contributed by atoms with Gasteiger partial charge in [-0.05, 0) is 111 Å². The maximum Gasteiger partial charge on any atom is 0.353 e. The number of hydrogen-bond acceptors (Lipinski definition) is 9. The third-order valence-corrected chi connectivity index (χ3v) is 18.5. The zero-order valence-electron chi connectivity index (χ0n) is 33.8. The van der Waals surface area contributed by atoms with Crippen LogP contribution in [0, 0.1) is 13.8 Å². The van der Waals surface area contributed by atoms with Gasteiger partial charge in [0.25, 0.3) is 20.0 Å². The van der Waals surface area contributed by atoms with Gasteiger partial charge in [0.1, 0.15) is 5.69 Å². The Labute approximate surface area is 357 Å². The minimum absolute atomic E-state index is 0.0289. The van der Waals surface area contributed by atoms with Crippen LogP contribution in [-0.4, -0.2) is 87.5 Å². The van der Waals surface area contributed by atoms with Crippen molar-refractivity contribution >= 4 is 67.9 Å². The summed E-state index contributed by atoms with van der Waals surface area (Å²) in [5, 5.41) is 10.7. The molecular formula is C43H48N4O10S4. The van der Waals surface area contributed by atoms with Gasteiger partial charge in [-0.1, -0.05) is 62.1 Å². The average Bonchev–Trinajstić information content (AvgIpc) is 3.46. The lowest BCUT2D eigenvalue weighted by Gasteiger charge is -2.20. The van der Waals surface area contributed by atoms with Crippen molar-refractivity contribution < 1.29 is 43.6 Å². The summed E-state index contributed by atoms with van der Waals surface area (Å²) in [7, 11) is -15.4. The smallest absolute Gasteiger partial charge is 0.353 e. The summed E-state index contributed by atoms with van der Waals surface area (Å²) in [6, 6.07) is 24.6. The molecule has 2 fully saturated rings. The summed E-state index contributed by atoms with van der Waals surface area (Å²) in [5.41, 5.74) is 1.10. The number of carboxylic acid groups (broad SMARTS) is 1. The van der Waals surface area contributed by atoms with Crippen LogP contribution < -0.4 is 0 Å². The molecule has 61 heavy (non-hydrogen) atoms. The SMILES string of the molecule is Cc1c(C(=O)O)n(S(=O)(=O)c2ccccc2)c2ccc(S(=O)(=O)N3CCCCCC3)cc12.Cc1cn(S(=O)(=O)c2ccccc2)c2ccc(S(=O)(=O)N3CCCCCC3)cc12. The Bertz CT molecular complexity index is 3040. The van der Waals surface area contributed by atoms with E-state index in [0.717, 1.165) is 55.3 Å². The van der Waals surface area contributed by atoms with Gasteiger partial charge in [0.15, 0.2) is 0 Å². The first kappa shape index (κ1) is 44.2. The van der Waals surface area contributed by atoms with Gasteiger partial charge in [0, 0.05) is 43.1 Å². The minimum Gasteiger partial charge on any atom is -0.477 e. The van der Waals surface area contributed by atoms with Gasteiger partial charge in [-0.3, -0.25) is 0 Å². The fourth-order valence-electron chi connectivity index (χ4n) is 8.01. The molecule has 2 saturated heterocycles. The molecule has 324 valence electrons. The van der Waals surface area contributed by atoms with Crippen molar-refractivity contribution in [3.63, 3.8) is 0 Å². The predicted octanol–water partition coefficient (Wildman–Crippen LogP) is 7.20. The summed E-state index contributed by atoms with van der Waals surface area (Å²) in [6.45, 7) is 5.21. The molecule has 0 unspecified atom stereocenters. The monoisotopic (exact) mass is 908 g/mol. The normalized spacial score (nSPS) is 16.4. The maximum atomic E-state index is 13.3. The Balaban J connectivity index is 0.000000185. The highest BCUT2D eigenvalue weighted by Crippen LogP contribution is 2.34. The Hall–Kier alpha value is -4.85. The number of nitrogens with zero attached hydrogens (tertiary/aromatic N) is 4. The molecule has 8 rings (SSSR count). The number of carbonyl (C=O) groups is 1. The molecule has 18 heteroatoms. The number of carboxylic acids is 1. The van der Waals surface area contributed by atoms with E-state index < -0.39 is 51.8 Å². The van der Waals surface area contributed by atoms with Crippen LogP contribution in [-0.2, 0) is 40.1 Å². The molecule has 2 aliphatic heterocycles.